The second-order valence-electron chi connectivity index (χ2n) is 5.93. The lowest BCUT2D eigenvalue weighted by Gasteiger charge is -2.27. The van der Waals surface area contributed by atoms with Crippen LogP contribution in [-0.2, 0) is 9.59 Å². The minimum absolute atomic E-state index is 0.117. The number of piperidine rings is 1. The third-order valence-electron chi connectivity index (χ3n) is 4.05. The van der Waals surface area contributed by atoms with E-state index in [0.29, 0.717) is 18.7 Å². The number of hydrogen-bond acceptors (Lipinski definition) is 2. The molecule has 0 spiro atoms. The van der Waals surface area contributed by atoms with Crippen molar-refractivity contribution in [3.05, 3.63) is 66.0 Å². The van der Waals surface area contributed by atoms with Gasteiger partial charge in [0, 0.05) is 30.4 Å². The topological polar surface area (TPSA) is 49.4 Å². The van der Waals surface area contributed by atoms with Gasteiger partial charge in [0.05, 0.1) is 0 Å². The Morgan fingerprint density at radius 1 is 1.12 bits per heavy atom. The first-order valence-electron chi connectivity index (χ1n) is 8.27. The number of halogens is 1. The molecule has 4 nitrogen and oxygen atoms in total. The van der Waals surface area contributed by atoms with E-state index in [-0.39, 0.29) is 17.6 Å². The molecule has 0 saturated carbocycles. The highest BCUT2D eigenvalue weighted by molar-refractivity contribution is 6.02. The van der Waals surface area contributed by atoms with Crippen LogP contribution in [0, 0.1) is 5.82 Å². The fraction of sp³-hybridized carbons (Fsp3) is 0.200. The summed E-state index contributed by atoms with van der Waals surface area (Å²) in [5, 5.41) is 2.78. The van der Waals surface area contributed by atoms with Crippen LogP contribution in [0.15, 0.2) is 54.6 Å². The third kappa shape index (κ3) is 4.53. The van der Waals surface area contributed by atoms with Gasteiger partial charge in [0.25, 0.3) is 0 Å². The van der Waals surface area contributed by atoms with Crippen molar-refractivity contribution in [3.63, 3.8) is 0 Å². The van der Waals surface area contributed by atoms with E-state index >= 15 is 0 Å². The van der Waals surface area contributed by atoms with Gasteiger partial charge < -0.3 is 10.2 Å². The molecule has 0 atom stereocenters. The van der Waals surface area contributed by atoms with Gasteiger partial charge >= 0.3 is 0 Å². The molecule has 1 saturated heterocycles. The minimum atomic E-state index is -0.314. The molecule has 1 fully saturated rings. The zero-order chi connectivity index (χ0) is 17.6. The smallest absolute Gasteiger partial charge is 0.248 e. The van der Waals surface area contributed by atoms with Crippen LogP contribution < -0.4 is 10.2 Å². The largest absolute Gasteiger partial charge is 0.322 e. The minimum Gasteiger partial charge on any atom is -0.322 e. The van der Waals surface area contributed by atoms with Crippen LogP contribution in [0.5, 0.6) is 0 Å². The molecule has 2 aromatic carbocycles. The van der Waals surface area contributed by atoms with Gasteiger partial charge in [-0.15, -0.1) is 0 Å². The van der Waals surface area contributed by atoms with Crippen molar-refractivity contribution in [3.8, 4) is 0 Å². The summed E-state index contributed by atoms with van der Waals surface area (Å²) in [6.45, 7) is 0.709. The number of carbonyl (C=O) groups is 2. The number of nitrogens with zero attached hydrogens (tertiary/aromatic N) is 1. The van der Waals surface area contributed by atoms with Crippen LogP contribution in [0.1, 0.15) is 24.8 Å². The summed E-state index contributed by atoms with van der Waals surface area (Å²) in [5.41, 5.74) is 2.17. The van der Waals surface area contributed by atoms with Gasteiger partial charge in [-0.3, -0.25) is 9.59 Å². The molecule has 128 valence electrons. The van der Waals surface area contributed by atoms with Crippen molar-refractivity contribution in [1.29, 1.82) is 0 Å². The third-order valence-corrected chi connectivity index (χ3v) is 4.05. The lowest BCUT2D eigenvalue weighted by molar-refractivity contribution is -0.119. The number of amides is 2. The number of rotatable bonds is 4. The van der Waals surface area contributed by atoms with Crippen molar-refractivity contribution in [2.24, 2.45) is 0 Å². The van der Waals surface area contributed by atoms with E-state index in [2.05, 4.69) is 5.32 Å². The first-order valence-corrected chi connectivity index (χ1v) is 8.27. The molecular weight excluding hydrogens is 319 g/mol. The Morgan fingerprint density at radius 3 is 2.68 bits per heavy atom. The standard InChI is InChI=1S/C20H19FN2O2/c21-16-10-7-15(8-11-16)9-12-19(24)22-17-4-3-5-18(14-17)23-13-2-1-6-20(23)25/h3-5,7-12,14H,1-2,6,13H2,(H,22,24)/b12-9+. The van der Waals surface area contributed by atoms with Crippen molar-refractivity contribution in [2.75, 3.05) is 16.8 Å². The average Bonchev–Trinajstić information content (AvgIpc) is 2.62. The van der Waals surface area contributed by atoms with E-state index in [4.69, 9.17) is 0 Å². The van der Waals surface area contributed by atoms with E-state index in [1.54, 1.807) is 35.2 Å². The van der Waals surface area contributed by atoms with Crippen LogP contribution in [0.2, 0.25) is 0 Å². The molecule has 0 radical (unpaired) electrons. The maximum absolute atomic E-state index is 12.9. The Balaban J connectivity index is 1.66. The molecule has 0 unspecified atom stereocenters. The van der Waals surface area contributed by atoms with Crippen molar-refractivity contribution >= 4 is 29.3 Å². The van der Waals surface area contributed by atoms with E-state index in [1.165, 1.54) is 18.2 Å². The van der Waals surface area contributed by atoms with Crippen molar-refractivity contribution < 1.29 is 14.0 Å². The maximum atomic E-state index is 12.9. The van der Waals surface area contributed by atoms with Crippen LogP contribution in [0.25, 0.3) is 6.08 Å². The zero-order valence-corrected chi connectivity index (χ0v) is 13.7. The zero-order valence-electron chi connectivity index (χ0n) is 13.7. The van der Waals surface area contributed by atoms with Gasteiger partial charge in [-0.25, -0.2) is 4.39 Å². The molecule has 1 aliphatic heterocycles. The summed E-state index contributed by atoms with van der Waals surface area (Å²) in [5.74, 6) is -0.483. The van der Waals surface area contributed by atoms with E-state index in [1.807, 2.05) is 12.1 Å². The van der Waals surface area contributed by atoms with Gasteiger partial charge in [0.15, 0.2) is 0 Å². The van der Waals surface area contributed by atoms with Gasteiger partial charge in [0.2, 0.25) is 11.8 Å². The van der Waals surface area contributed by atoms with E-state index < -0.39 is 0 Å². The van der Waals surface area contributed by atoms with E-state index in [0.717, 1.165) is 24.1 Å². The first-order chi connectivity index (χ1) is 12.1. The lowest BCUT2D eigenvalue weighted by Crippen LogP contribution is -2.35. The summed E-state index contributed by atoms with van der Waals surface area (Å²) >= 11 is 0. The first kappa shape index (κ1) is 16.9. The number of benzene rings is 2. The van der Waals surface area contributed by atoms with Crippen molar-refractivity contribution in [2.45, 2.75) is 19.3 Å². The molecule has 25 heavy (non-hydrogen) atoms. The lowest BCUT2D eigenvalue weighted by atomic mass is 10.1. The quantitative estimate of drug-likeness (QED) is 0.857. The van der Waals surface area contributed by atoms with Crippen LogP contribution in [0.4, 0.5) is 15.8 Å². The normalized spacial score (nSPS) is 14.8. The molecule has 0 aliphatic carbocycles. The van der Waals surface area contributed by atoms with Gasteiger partial charge in [-0.1, -0.05) is 18.2 Å². The predicted molar refractivity (Wildman–Crippen MR) is 96.7 cm³/mol. The SMILES string of the molecule is O=C(/C=C/c1ccc(F)cc1)Nc1cccc(N2CCCCC2=O)c1. The molecule has 0 aromatic heterocycles. The van der Waals surface area contributed by atoms with Crippen LogP contribution in [0.3, 0.4) is 0 Å². The summed E-state index contributed by atoms with van der Waals surface area (Å²) in [7, 11) is 0. The number of nitrogens with one attached hydrogen (secondary N) is 1. The average molecular weight is 338 g/mol. The molecule has 3 rings (SSSR count). The highest BCUT2D eigenvalue weighted by Gasteiger charge is 2.19. The van der Waals surface area contributed by atoms with Gasteiger partial charge in [-0.2, -0.15) is 0 Å². The second kappa shape index (κ2) is 7.75. The molecule has 1 aliphatic rings. The number of anilines is 2. The fourth-order valence-corrected chi connectivity index (χ4v) is 2.76. The molecule has 5 heteroatoms. The van der Waals surface area contributed by atoms with Crippen LogP contribution >= 0.6 is 0 Å². The Hall–Kier alpha value is -2.95. The summed E-state index contributed by atoms with van der Waals surface area (Å²) < 4.78 is 12.9. The molecular formula is C20H19FN2O2. The fourth-order valence-electron chi connectivity index (χ4n) is 2.76. The highest BCUT2D eigenvalue weighted by atomic mass is 19.1. The summed E-state index contributed by atoms with van der Waals surface area (Å²) in [6.07, 6.45) is 5.50. The Kier molecular flexibility index (Phi) is 5.23. The Labute approximate surface area is 146 Å². The Morgan fingerprint density at radius 2 is 1.92 bits per heavy atom. The Bertz CT molecular complexity index is 800. The molecule has 2 aromatic rings. The van der Waals surface area contributed by atoms with Gasteiger partial charge in [0.1, 0.15) is 5.82 Å². The summed E-state index contributed by atoms with van der Waals surface area (Å²) in [6, 6.07) is 13.1. The monoisotopic (exact) mass is 338 g/mol. The maximum Gasteiger partial charge on any atom is 0.248 e. The van der Waals surface area contributed by atoms with Gasteiger partial charge in [-0.05, 0) is 54.8 Å². The number of hydrogen-bond donors (Lipinski definition) is 1. The predicted octanol–water partition coefficient (Wildman–Crippen LogP) is 3.99. The van der Waals surface area contributed by atoms with E-state index in [9.17, 15) is 14.0 Å². The summed E-state index contributed by atoms with van der Waals surface area (Å²) in [4.78, 5) is 25.8. The molecule has 1 heterocycles. The second-order valence-corrected chi connectivity index (χ2v) is 5.93. The van der Waals surface area contributed by atoms with Crippen LogP contribution in [-0.4, -0.2) is 18.4 Å². The molecule has 1 N–H and O–H groups in total. The highest BCUT2D eigenvalue weighted by Crippen LogP contribution is 2.23. The molecule has 0 bridgehead atoms. The number of carbonyl (C=O) groups excluding carboxylic acids is 2. The van der Waals surface area contributed by atoms with Crippen molar-refractivity contribution in [1.82, 2.24) is 0 Å². The molecule has 2 amide bonds.